The first-order chi connectivity index (χ1) is 7.61. The van der Waals surface area contributed by atoms with Gasteiger partial charge in [-0.1, -0.05) is 24.3 Å². The van der Waals surface area contributed by atoms with E-state index in [1.807, 2.05) is 0 Å². The standard InChI is InChI=1S/C11H7NO4/c13-10(14)8-5-12-9(11(15)16)7-4-2-1-3-6(7)8/h1-5H,(H,13,14)(H,15,16). The van der Waals surface area contributed by atoms with Crippen LogP contribution in [0.25, 0.3) is 10.8 Å². The molecule has 1 aromatic heterocycles. The normalized spacial score (nSPS) is 10.2. The van der Waals surface area contributed by atoms with Gasteiger partial charge in [-0.2, -0.15) is 0 Å². The minimum Gasteiger partial charge on any atom is -0.478 e. The van der Waals surface area contributed by atoms with Crippen LogP contribution < -0.4 is 0 Å². The second-order valence-corrected chi connectivity index (χ2v) is 3.18. The lowest BCUT2D eigenvalue weighted by atomic mass is 10.1. The Morgan fingerprint density at radius 3 is 2.19 bits per heavy atom. The Balaban J connectivity index is 2.87. The fourth-order valence-electron chi connectivity index (χ4n) is 1.53. The van der Waals surface area contributed by atoms with Crippen molar-refractivity contribution in [1.29, 1.82) is 0 Å². The zero-order valence-corrected chi connectivity index (χ0v) is 8.04. The maximum Gasteiger partial charge on any atom is 0.355 e. The van der Waals surface area contributed by atoms with Crippen molar-refractivity contribution in [2.24, 2.45) is 0 Å². The number of fused-ring (bicyclic) bond motifs is 1. The molecule has 0 saturated heterocycles. The van der Waals surface area contributed by atoms with E-state index in [9.17, 15) is 9.59 Å². The fraction of sp³-hybridized carbons (Fsp3) is 0. The molecule has 0 aliphatic rings. The SMILES string of the molecule is O=C(O)c1cnc(C(=O)O)c2ccccc12. The molecule has 1 aromatic carbocycles. The number of carboxylic acids is 2. The zero-order chi connectivity index (χ0) is 11.7. The summed E-state index contributed by atoms with van der Waals surface area (Å²) < 4.78 is 0. The number of benzene rings is 1. The van der Waals surface area contributed by atoms with E-state index in [2.05, 4.69) is 4.98 Å². The fourth-order valence-corrected chi connectivity index (χ4v) is 1.53. The molecule has 0 spiro atoms. The highest BCUT2D eigenvalue weighted by atomic mass is 16.4. The number of carbonyl (C=O) groups is 2. The molecule has 80 valence electrons. The van der Waals surface area contributed by atoms with Gasteiger partial charge in [0.1, 0.15) is 0 Å². The summed E-state index contributed by atoms with van der Waals surface area (Å²) in [6.07, 6.45) is 1.06. The summed E-state index contributed by atoms with van der Waals surface area (Å²) in [6.45, 7) is 0. The Kier molecular flexibility index (Phi) is 2.28. The number of rotatable bonds is 2. The van der Waals surface area contributed by atoms with Crippen LogP contribution in [0.5, 0.6) is 0 Å². The molecule has 5 heteroatoms. The Bertz CT molecular complexity index is 539. The van der Waals surface area contributed by atoms with Crippen LogP contribution in [0.1, 0.15) is 20.8 Å². The average molecular weight is 217 g/mol. The van der Waals surface area contributed by atoms with Crippen LogP contribution >= 0.6 is 0 Å². The molecular formula is C11H7NO4. The van der Waals surface area contributed by atoms with Crippen LogP contribution in [0.15, 0.2) is 30.5 Å². The zero-order valence-electron chi connectivity index (χ0n) is 8.04. The molecule has 1 heterocycles. The summed E-state index contributed by atoms with van der Waals surface area (Å²) in [5, 5.41) is 18.5. The maximum atomic E-state index is 10.9. The van der Waals surface area contributed by atoms with Crippen molar-refractivity contribution in [3.05, 3.63) is 41.7 Å². The van der Waals surface area contributed by atoms with E-state index in [1.165, 1.54) is 6.07 Å². The van der Waals surface area contributed by atoms with E-state index in [0.29, 0.717) is 10.8 Å². The Labute approximate surface area is 90.0 Å². The lowest BCUT2D eigenvalue weighted by Gasteiger charge is -2.04. The third kappa shape index (κ3) is 1.48. The molecule has 0 unspecified atom stereocenters. The van der Waals surface area contributed by atoms with Gasteiger partial charge in [0, 0.05) is 17.0 Å². The molecule has 2 rings (SSSR count). The predicted molar refractivity (Wildman–Crippen MR) is 55.7 cm³/mol. The van der Waals surface area contributed by atoms with Gasteiger partial charge < -0.3 is 10.2 Å². The summed E-state index contributed by atoms with van der Waals surface area (Å²) in [4.78, 5) is 25.4. The minimum atomic E-state index is -1.17. The van der Waals surface area contributed by atoms with Crippen LogP contribution in [-0.2, 0) is 0 Å². The highest BCUT2D eigenvalue weighted by Crippen LogP contribution is 2.20. The molecule has 0 amide bonds. The number of hydrogen-bond donors (Lipinski definition) is 2. The Hall–Kier alpha value is -2.43. The molecule has 5 nitrogen and oxygen atoms in total. The molecule has 0 fully saturated rings. The van der Waals surface area contributed by atoms with E-state index in [-0.39, 0.29) is 11.3 Å². The summed E-state index contributed by atoms with van der Waals surface area (Å²) in [6, 6.07) is 6.40. The first kappa shape index (κ1) is 10.1. The Morgan fingerprint density at radius 1 is 1.00 bits per heavy atom. The summed E-state index contributed by atoms with van der Waals surface area (Å²) >= 11 is 0. The number of aromatic nitrogens is 1. The van der Waals surface area contributed by atoms with Crippen molar-refractivity contribution in [2.75, 3.05) is 0 Å². The van der Waals surface area contributed by atoms with Gasteiger partial charge in [-0.3, -0.25) is 0 Å². The second-order valence-electron chi connectivity index (χ2n) is 3.18. The largest absolute Gasteiger partial charge is 0.478 e. The van der Waals surface area contributed by atoms with Gasteiger partial charge in [0.15, 0.2) is 5.69 Å². The average Bonchev–Trinajstić information content (AvgIpc) is 2.27. The minimum absolute atomic E-state index is 0.000556. The number of aromatic carboxylic acids is 2. The molecule has 0 bridgehead atoms. The van der Waals surface area contributed by atoms with Gasteiger partial charge in [-0.15, -0.1) is 0 Å². The van der Waals surface area contributed by atoms with E-state index in [1.54, 1.807) is 18.2 Å². The topological polar surface area (TPSA) is 87.5 Å². The van der Waals surface area contributed by atoms with Crippen molar-refractivity contribution in [3.63, 3.8) is 0 Å². The third-order valence-corrected chi connectivity index (χ3v) is 2.23. The predicted octanol–water partition coefficient (Wildman–Crippen LogP) is 1.63. The van der Waals surface area contributed by atoms with E-state index in [4.69, 9.17) is 10.2 Å². The summed E-state index contributed by atoms with van der Waals surface area (Å²) in [5.41, 5.74) is -0.138. The smallest absolute Gasteiger partial charge is 0.355 e. The van der Waals surface area contributed by atoms with Gasteiger partial charge in [0.25, 0.3) is 0 Å². The second kappa shape index (κ2) is 3.62. The summed E-state index contributed by atoms with van der Waals surface area (Å²) in [5.74, 6) is -2.30. The van der Waals surface area contributed by atoms with Crippen LogP contribution in [0, 0.1) is 0 Å². The van der Waals surface area contributed by atoms with Gasteiger partial charge in [0.2, 0.25) is 0 Å². The van der Waals surface area contributed by atoms with Crippen LogP contribution in [-0.4, -0.2) is 27.1 Å². The van der Waals surface area contributed by atoms with E-state index >= 15 is 0 Å². The lowest BCUT2D eigenvalue weighted by molar-refractivity contribution is 0.0679. The molecule has 0 saturated carbocycles. The van der Waals surface area contributed by atoms with Crippen LogP contribution in [0.3, 0.4) is 0 Å². The van der Waals surface area contributed by atoms with Crippen LogP contribution in [0.2, 0.25) is 0 Å². The highest BCUT2D eigenvalue weighted by molar-refractivity contribution is 6.09. The monoisotopic (exact) mass is 217 g/mol. The molecule has 16 heavy (non-hydrogen) atoms. The highest BCUT2D eigenvalue weighted by Gasteiger charge is 2.15. The van der Waals surface area contributed by atoms with Crippen molar-refractivity contribution in [3.8, 4) is 0 Å². The molecule has 2 N–H and O–H groups in total. The van der Waals surface area contributed by atoms with Crippen LogP contribution in [0.4, 0.5) is 0 Å². The molecular weight excluding hydrogens is 210 g/mol. The van der Waals surface area contributed by atoms with Gasteiger partial charge >= 0.3 is 11.9 Å². The molecule has 0 aliphatic carbocycles. The van der Waals surface area contributed by atoms with Crippen molar-refractivity contribution < 1.29 is 19.8 Å². The van der Waals surface area contributed by atoms with Gasteiger partial charge in [0.05, 0.1) is 5.56 Å². The lowest BCUT2D eigenvalue weighted by Crippen LogP contribution is -2.05. The van der Waals surface area contributed by atoms with Gasteiger partial charge in [-0.25, -0.2) is 14.6 Å². The number of nitrogens with zero attached hydrogens (tertiary/aromatic N) is 1. The molecule has 0 radical (unpaired) electrons. The number of pyridine rings is 1. The third-order valence-electron chi connectivity index (χ3n) is 2.23. The Morgan fingerprint density at radius 2 is 1.62 bits per heavy atom. The first-order valence-corrected chi connectivity index (χ1v) is 4.45. The van der Waals surface area contributed by atoms with Gasteiger partial charge in [-0.05, 0) is 0 Å². The van der Waals surface area contributed by atoms with Crippen molar-refractivity contribution in [2.45, 2.75) is 0 Å². The molecule has 0 aliphatic heterocycles. The van der Waals surface area contributed by atoms with E-state index < -0.39 is 11.9 Å². The molecule has 0 atom stereocenters. The van der Waals surface area contributed by atoms with Crippen molar-refractivity contribution in [1.82, 2.24) is 4.98 Å². The molecule has 2 aromatic rings. The van der Waals surface area contributed by atoms with E-state index in [0.717, 1.165) is 6.20 Å². The maximum absolute atomic E-state index is 10.9. The van der Waals surface area contributed by atoms with Crippen molar-refractivity contribution >= 4 is 22.7 Å². The quantitative estimate of drug-likeness (QED) is 0.798. The number of hydrogen-bond acceptors (Lipinski definition) is 3. The first-order valence-electron chi connectivity index (χ1n) is 4.45. The summed E-state index contributed by atoms with van der Waals surface area (Å²) in [7, 11) is 0. The number of carboxylic acid groups (broad SMARTS) is 2.